The number of nitrogens with one attached hydrogen (secondary N) is 1. The van der Waals surface area contributed by atoms with Crippen molar-refractivity contribution in [3.63, 3.8) is 0 Å². The SMILES string of the molecule is Cc1cc2c(NCc3ccc(O)cc3)nccn2n1. The second-order valence-corrected chi connectivity index (χ2v) is 4.41. The Morgan fingerprint density at radius 3 is 2.84 bits per heavy atom. The Labute approximate surface area is 110 Å². The van der Waals surface area contributed by atoms with E-state index in [-0.39, 0.29) is 5.75 Å². The van der Waals surface area contributed by atoms with Crippen molar-refractivity contribution in [1.29, 1.82) is 0 Å². The molecular formula is C14H14N4O. The van der Waals surface area contributed by atoms with Crippen LogP contribution in [0.1, 0.15) is 11.3 Å². The van der Waals surface area contributed by atoms with Gasteiger partial charge >= 0.3 is 0 Å². The van der Waals surface area contributed by atoms with Crippen molar-refractivity contribution in [3.05, 3.63) is 54.0 Å². The first-order valence-corrected chi connectivity index (χ1v) is 6.05. The van der Waals surface area contributed by atoms with Gasteiger partial charge in [0.15, 0.2) is 5.82 Å². The minimum absolute atomic E-state index is 0.274. The lowest BCUT2D eigenvalue weighted by atomic mass is 10.2. The first-order valence-electron chi connectivity index (χ1n) is 6.05. The summed E-state index contributed by atoms with van der Waals surface area (Å²) >= 11 is 0. The number of hydrogen-bond acceptors (Lipinski definition) is 4. The predicted octanol–water partition coefficient (Wildman–Crippen LogP) is 2.36. The van der Waals surface area contributed by atoms with Crippen molar-refractivity contribution < 1.29 is 5.11 Å². The molecule has 1 aromatic carbocycles. The number of anilines is 1. The third-order valence-corrected chi connectivity index (χ3v) is 2.91. The number of nitrogens with zero attached hydrogens (tertiary/aromatic N) is 3. The van der Waals surface area contributed by atoms with Gasteiger partial charge in [-0.2, -0.15) is 5.10 Å². The van der Waals surface area contributed by atoms with Crippen LogP contribution in [-0.2, 0) is 6.54 Å². The smallest absolute Gasteiger partial charge is 0.152 e. The zero-order chi connectivity index (χ0) is 13.2. The fraction of sp³-hybridized carbons (Fsp3) is 0.143. The second kappa shape index (κ2) is 4.61. The van der Waals surface area contributed by atoms with E-state index in [1.807, 2.05) is 35.8 Å². The number of phenolic OH excluding ortho intramolecular Hbond substituents is 1. The van der Waals surface area contributed by atoms with Gasteiger partial charge < -0.3 is 10.4 Å². The van der Waals surface area contributed by atoms with Crippen LogP contribution in [0.25, 0.3) is 5.52 Å². The van der Waals surface area contributed by atoms with Gasteiger partial charge in [-0.05, 0) is 30.7 Å². The lowest BCUT2D eigenvalue weighted by Gasteiger charge is -2.07. The van der Waals surface area contributed by atoms with Crippen LogP contribution >= 0.6 is 0 Å². The van der Waals surface area contributed by atoms with Crippen LogP contribution in [0.3, 0.4) is 0 Å². The minimum atomic E-state index is 0.274. The summed E-state index contributed by atoms with van der Waals surface area (Å²) in [5.74, 6) is 1.08. The van der Waals surface area contributed by atoms with Crippen LogP contribution in [0.4, 0.5) is 5.82 Å². The molecule has 3 rings (SSSR count). The number of rotatable bonds is 3. The van der Waals surface area contributed by atoms with Crippen molar-refractivity contribution in [2.45, 2.75) is 13.5 Å². The highest BCUT2D eigenvalue weighted by atomic mass is 16.3. The quantitative estimate of drug-likeness (QED) is 0.753. The molecule has 2 heterocycles. The van der Waals surface area contributed by atoms with Crippen LogP contribution in [-0.4, -0.2) is 19.7 Å². The Bertz CT molecular complexity index is 703. The molecule has 3 aromatic rings. The molecule has 0 spiro atoms. The van der Waals surface area contributed by atoms with Gasteiger partial charge in [0.05, 0.1) is 5.69 Å². The number of aryl methyl sites for hydroxylation is 1. The van der Waals surface area contributed by atoms with Crippen LogP contribution in [0.5, 0.6) is 5.75 Å². The summed E-state index contributed by atoms with van der Waals surface area (Å²) in [6.07, 6.45) is 3.55. The second-order valence-electron chi connectivity index (χ2n) is 4.41. The van der Waals surface area contributed by atoms with Gasteiger partial charge in [0.2, 0.25) is 0 Å². The molecule has 5 heteroatoms. The maximum Gasteiger partial charge on any atom is 0.152 e. The maximum atomic E-state index is 9.24. The van der Waals surface area contributed by atoms with E-state index in [0.717, 1.165) is 22.6 Å². The van der Waals surface area contributed by atoms with Crippen LogP contribution in [0.2, 0.25) is 0 Å². The average Bonchev–Trinajstić information content (AvgIpc) is 2.79. The minimum Gasteiger partial charge on any atom is -0.508 e. The van der Waals surface area contributed by atoms with E-state index >= 15 is 0 Å². The van der Waals surface area contributed by atoms with Gasteiger partial charge in [-0.3, -0.25) is 0 Å². The number of aromatic nitrogens is 3. The molecule has 2 aromatic heterocycles. The molecule has 0 unspecified atom stereocenters. The molecular weight excluding hydrogens is 240 g/mol. The van der Waals surface area contributed by atoms with E-state index in [4.69, 9.17) is 0 Å². The zero-order valence-corrected chi connectivity index (χ0v) is 10.5. The van der Waals surface area contributed by atoms with E-state index in [0.29, 0.717) is 6.54 Å². The summed E-state index contributed by atoms with van der Waals surface area (Å²) < 4.78 is 1.81. The molecule has 0 radical (unpaired) electrons. The number of fused-ring (bicyclic) bond motifs is 1. The molecule has 0 atom stereocenters. The molecule has 0 aliphatic rings. The Hall–Kier alpha value is -2.56. The van der Waals surface area contributed by atoms with Gasteiger partial charge in [0.1, 0.15) is 11.3 Å². The summed E-state index contributed by atoms with van der Waals surface area (Å²) in [5, 5.41) is 16.9. The summed E-state index contributed by atoms with van der Waals surface area (Å²) in [4.78, 5) is 4.33. The fourth-order valence-corrected chi connectivity index (χ4v) is 1.98. The number of benzene rings is 1. The monoisotopic (exact) mass is 254 g/mol. The van der Waals surface area contributed by atoms with Gasteiger partial charge in [0.25, 0.3) is 0 Å². The van der Waals surface area contributed by atoms with Gasteiger partial charge in [-0.1, -0.05) is 12.1 Å². The lowest BCUT2D eigenvalue weighted by Crippen LogP contribution is -2.03. The van der Waals surface area contributed by atoms with Crippen LogP contribution in [0, 0.1) is 6.92 Å². The Balaban J connectivity index is 1.83. The Kier molecular flexibility index (Phi) is 2.79. The lowest BCUT2D eigenvalue weighted by molar-refractivity contribution is 0.475. The predicted molar refractivity (Wildman–Crippen MR) is 73.2 cm³/mol. The normalized spacial score (nSPS) is 10.8. The highest BCUT2D eigenvalue weighted by Crippen LogP contribution is 2.16. The number of hydrogen-bond donors (Lipinski definition) is 2. The van der Waals surface area contributed by atoms with Crippen molar-refractivity contribution in [2.75, 3.05) is 5.32 Å². The van der Waals surface area contributed by atoms with E-state index < -0.39 is 0 Å². The Morgan fingerprint density at radius 1 is 1.26 bits per heavy atom. The average molecular weight is 254 g/mol. The van der Waals surface area contributed by atoms with Crippen molar-refractivity contribution in [1.82, 2.24) is 14.6 Å². The van der Waals surface area contributed by atoms with Gasteiger partial charge in [-0.25, -0.2) is 9.50 Å². The highest BCUT2D eigenvalue weighted by molar-refractivity contribution is 5.67. The summed E-state index contributed by atoms with van der Waals surface area (Å²) in [6, 6.07) is 9.10. The van der Waals surface area contributed by atoms with E-state index in [2.05, 4.69) is 15.4 Å². The molecule has 5 nitrogen and oxygen atoms in total. The third kappa shape index (κ3) is 2.35. The van der Waals surface area contributed by atoms with Crippen molar-refractivity contribution in [3.8, 4) is 5.75 Å². The molecule has 0 saturated heterocycles. The molecule has 0 amide bonds. The first kappa shape index (κ1) is 11.5. The topological polar surface area (TPSA) is 62.5 Å². The van der Waals surface area contributed by atoms with Crippen molar-refractivity contribution >= 4 is 11.3 Å². The molecule has 0 bridgehead atoms. The van der Waals surface area contributed by atoms with E-state index in [9.17, 15) is 5.11 Å². The molecule has 0 saturated carbocycles. The van der Waals surface area contributed by atoms with Crippen LogP contribution in [0.15, 0.2) is 42.7 Å². The highest BCUT2D eigenvalue weighted by Gasteiger charge is 2.04. The summed E-state index contributed by atoms with van der Waals surface area (Å²) in [6.45, 7) is 2.61. The van der Waals surface area contributed by atoms with Crippen molar-refractivity contribution in [2.24, 2.45) is 0 Å². The number of aromatic hydroxyl groups is 1. The van der Waals surface area contributed by atoms with E-state index in [1.54, 1.807) is 18.3 Å². The first-order chi connectivity index (χ1) is 9.22. The van der Waals surface area contributed by atoms with E-state index in [1.165, 1.54) is 0 Å². The largest absolute Gasteiger partial charge is 0.508 e. The van der Waals surface area contributed by atoms with Crippen LogP contribution < -0.4 is 5.32 Å². The molecule has 96 valence electrons. The molecule has 19 heavy (non-hydrogen) atoms. The standard InChI is InChI=1S/C14H14N4O/c1-10-8-13-14(15-6-7-18(13)17-10)16-9-11-2-4-12(19)5-3-11/h2-8,19H,9H2,1H3,(H,15,16). The Morgan fingerprint density at radius 2 is 2.05 bits per heavy atom. The van der Waals surface area contributed by atoms with Gasteiger partial charge in [0, 0.05) is 18.9 Å². The third-order valence-electron chi connectivity index (χ3n) is 2.91. The summed E-state index contributed by atoms with van der Waals surface area (Å²) in [5.41, 5.74) is 3.00. The molecule has 0 fully saturated rings. The summed E-state index contributed by atoms with van der Waals surface area (Å²) in [7, 11) is 0. The van der Waals surface area contributed by atoms with Gasteiger partial charge in [-0.15, -0.1) is 0 Å². The molecule has 0 aliphatic carbocycles. The molecule has 2 N–H and O–H groups in total. The number of phenols is 1. The zero-order valence-electron chi connectivity index (χ0n) is 10.5. The molecule has 0 aliphatic heterocycles. The maximum absolute atomic E-state index is 9.24. The fourth-order valence-electron chi connectivity index (χ4n) is 1.98.